The molecule has 0 aliphatic rings. The Bertz CT molecular complexity index is 1710. The van der Waals surface area contributed by atoms with Crippen molar-refractivity contribution in [3.05, 3.63) is 87.2 Å². The SMILES string of the molecule is Cn1cc(-c2ccccc2)c2c1c(=O)n(C)c1nn(CC(=O)Nc3cc(F)ccc3F)c(=O)n21. The Labute approximate surface area is 190 Å². The van der Waals surface area contributed by atoms with E-state index < -0.39 is 29.8 Å². The van der Waals surface area contributed by atoms with Crippen LogP contribution in [0.5, 0.6) is 0 Å². The largest absolute Gasteiger partial charge is 0.352 e. The van der Waals surface area contributed by atoms with Gasteiger partial charge in [-0.2, -0.15) is 0 Å². The van der Waals surface area contributed by atoms with Gasteiger partial charge in [-0.3, -0.25) is 14.2 Å². The number of carbonyl (C=O) groups excluding carboxylic acids is 1. The molecule has 0 atom stereocenters. The Morgan fingerprint density at radius 2 is 1.76 bits per heavy atom. The lowest BCUT2D eigenvalue weighted by Gasteiger charge is -2.05. The van der Waals surface area contributed by atoms with Gasteiger partial charge < -0.3 is 9.88 Å². The molecule has 3 heterocycles. The summed E-state index contributed by atoms with van der Waals surface area (Å²) in [6.07, 6.45) is 1.75. The lowest BCUT2D eigenvalue weighted by molar-refractivity contribution is -0.117. The van der Waals surface area contributed by atoms with Crippen molar-refractivity contribution in [3.8, 4) is 11.1 Å². The number of carbonyl (C=O) groups is 1. The number of aryl methyl sites for hydroxylation is 2. The van der Waals surface area contributed by atoms with Crippen molar-refractivity contribution in [2.24, 2.45) is 14.1 Å². The third-order valence-corrected chi connectivity index (χ3v) is 5.59. The molecule has 0 spiro atoms. The quantitative estimate of drug-likeness (QED) is 0.442. The number of nitrogens with zero attached hydrogens (tertiary/aromatic N) is 5. The molecule has 5 aromatic rings. The fourth-order valence-corrected chi connectivity index (χ4v) is 4.00. The van der Waals surface area contributed by atoms with Crippen molar-refractivity contribution in [1.82, 2.24) is 23.3 Å². The summed E-state index contributed by atoms with van der Waals surface area (Å²) in [7, 11) is 3.18. The first-order chi connectivity index (χ1) is 16.3. The molecule has 0 radical (unpaired) electrons. The molecule has 11 heteroatoms. The third kappa shape index (κ3) is 3.29. The van der Waals surface area contributed by atoms with Crippen LogP contribution in [0.25, 0.3) is 27.9 Å². The van der Waals surface area contributed by atoms with Crippen LogP contribution in [0.4, 0.5) is 14.5 Å². The van der Waals surface area contributed by atoms with E-state index in [9.17, 15) is 23.2 Å². The number of amides is 1. The maximum Gasteiger partial charge on any atom is 0.352 e. The smallest absolute Gasteiger partial charge is 0.344 e. The summed E-state index contributed by atoms with van der Waals surface area (Å²) in [6.45, 7) is -0.570. The highest BCUT2D eigenvalue weighted by atomic mass is 19.1. The zero-order valence-electron chi connectivity index (χ0n) is 18.1. The van der Waals surface area contributed by atoms with Gasteiger partial charge in [0, 0.05) is 31.9 Å². The molecule has 1 N–H and O–H groups in total. The van der Waals surface area contributed by atoms with Crippen molar-refractivity contribution in [1.29, 1.82) is 0 Å². The topological polar surface area (TPSA) is 95.3 Å². The van der Waals surface area contributed by atoms with Gasteiger partial charge >= 0.3 is 5.69 Å². The number of hydrogen-bond acceptors (Lipinski definition) is 4. The van der Waals surface area contributed by atoms with Crippen LogP contribution in [-0.2, 0) is 25.4 Å². The van der Waals surface area contributed by atoms with Crippen LogP contribution in [0.15, 0.2) is 64.3 Å². The number of rotatable bonds is 4. The zero-order chi connectivity index (χ0) is 24.1. The predicted octanol–water partition coefficient (Wildman–Crippen LogP) is 2.27. The van der Waals surface area contributed by atoms with Gasteiger partial charge in [-0.15, -0.1) is 5.10 Å². The van der Waals surface area contributed by atoms with E-state index in [-0.39, 0.29) is 17.0 Å². The first-order valence-corrected chi connectivity index (χ1v) is 10.2. The molecule has 0 saturated heterocycles. The highest BCUT2D eigenvalue weighted by Gasteiger charge is 2.22. The van der Waals surface area contributed by atoms with Crippen LogP contribution in [-0.4, -0.2) is 29.2 Å². The second-order valence-corrected chi connectivity index (χ2v) is 7.83. The van der Waals surface area contributed by atoms with Gasteiger partial charge in [0.25, 0.3) is 5.56 Å². The molecule has 0 aliphatic carbocycles. The van der Waals surface area contributed by atoms with Gasteiger partial charge in [0.2, 0.25) is 11.7 Å². The number of benzene rings is 2. The van der Waals surface area contributed by atoms with E-state index in [2.05, 4.69) is 10.4 Å². The molecular weight excluding hydrogens is 446 g/mol. The van der Waals surface area contributed by atoms with E-state index >= 15 is 0 Å². The second-order valence-electron chi connectivity index (χ2n) is 7.83. The Morgan fingerprint density at radius 3 is 2.50 bits per heavy atom. The van der Waals surface area contributed by atoms with E-state index in [1.54, 1.807) is 17.8 Å². The number of hydrogen-bond donors (Lipinski definition) is 1. The minimum Gasteiger partial charge on any atom is -0.344 e. The first-order valence-electron chi connectivity index (χ1n) is 10.2. The summed E-state index contributed by atoms with van der Waals surface area (Å²) in [5.74, 6) is -2.29. The molecular formula is C23H18F2N6O3. The lowest BCUT2D eigenvalue weighted by Crippen LogP contribution is -2.29. The molecule has 172 valence electrons. The number of nitrogens with one attached hydrogen (secondary N) is 1. The van der Waals surface area contributed by atoms with Crippen LogP contribution in [0.1, 0.15) is 0 Å². The summed E-state index contributed by atoms with van der Waals surface area (Å²) in [5.41, 5.74) is 0.715. The average Bonchev–Trinajstić information content (AvgIpc) is 3.32. The monoisotopic (exact) mass is 464 g/mol. The minimum atomic E-state index is -0.821. The van der Waals surface area contributed by atoms with Crippen LogP contribution in [0.2, 0.25) is 0 Å². The number of halogens is 2. The Balaban J connectivity index is 1.67. The fraction of sp³-hybridized carbons (Fsp3) is 0.130. The van der Waals surface area contributed by atoms with E-state index in [0.29, 0.717) is 16.6 Å². The molecule has 1 amide bonds. The number of anilines is 1. The van der Waals surface area contributed by atoms with Crippen molar-refractivity contribution in [2.45, 2.75) is 6.54 Å². The second kappa shape index (κ2) is 7.80. The van der Waals surface area contributed by atoms with E-state index in [0.717, 1.165) is 28.4 Å². The third-order valence-electron chi connectivity index (χ3n) is 5.59. The summed E-state index contributed by atoms with van der Waals surface area (Å²) < 4.78 is 32.3. The molecule has 3 aromatic heterocycles. The highest BCUT2D eigenvalue weighted by molar-refractivity contribution is 5.94. The van der Waals surface area contributed by atoms with Gasteiger partial charge in [-0.05, 0) is 17.7 Å². The van der Waals surface area contributed by atoms with Crippen LogP contribution in [0, 0.1) is 11.6 Å². The Kier molecular flexibility index (Phi) is 4.89. The minimum absolute atomic E-state index is 0.0376. The highest BCUT2D eigenvalue weighted by Crippen LogP contribution is 2.28. The van der Waals surface area contributed by atoms with Crippen LogP contribution >= 0.6 is 0 Å². The van der Waals surface area contributed by atoms with Gasteiger partial charge in [0.15, 0.2) is 0 Å². The van der Waals surface area contributed by atoms with Gasteiger partial charge in [-0.1, -0.05) is 30.3 Å². The molecule has 2 aromatic carbocycles. The van der Waals surface area contributed by atoms with E-state index in [1.165, 1.54) is 16.0 Å². The molecule has 0 fully saturated rings. The zero-order valence-corrected chi connectivity index (χ0v) is 18.1. The van der Waals surface area contributed by atoms with Crippen molar-refractivity contribution in [2.75, 3.05) is 5.32 Å². The van der Waals surface area contributed by atoms with Crippen molar-refractivity contribution < 1.29 is 13.6 Å². The molecule has 0 saturated carbocycles. The number of fused-ring (bicyclic) bond motifs is 3. The van der Waals surface area contributed by atoms with Crippen LogP contribution in [0.3, 0.4) is 0 Å². The summed E-state index contributed by atoms with van der Waals surface area (Å²) in [4.78, 5) is 38.9. The maximum absolute atomic E-state index is 13.9. The van der Waals surface area contributed by atoms with Gasteiger partial charge in [0.1, 0.15) is 23.7 Å². The van der Waals surface area contributed by atoms with Crippen LogP contribution < -0.4 is 16.6 Å². The standard InChI is InChI=1S/C23H18F2N6O3/c1-28-11-15(13-6-4-3-5-7-13)19-20(28)21(33)29(2)22-27-30(23(34)31(19)22)12-18(32)26-17-10-14(24)8-9-16(17)25/h3-11H,12H2,1-2H3,(H,26,32). The van der Waals surface area contributed by atoms with Crippen molar-refractivity contribution in [3.63, 3.8) is 0 Å². The Hall–Kier alpha value is -4.54. The molecule has 34 heavy (non-hydrogen) atoms. The van der Waals surface area contributed by atoms with E-state index in [1.807, 2.05) is 30.3 Å². The number of aromatic nitrogens is 5. The fourth-order valence-electron chi connectivity index (χ4n) is 4.00. The van der Waals surface area contributed by atoms with Gasteiger partial charge in [0.05, 0.1) is 11.2 Å². The normalized spacial score (nSPS) is 11.4. The maximum atomic E-state index is 13.9. The Morgan fingerprint density at radius 1 is 1.03 bits per heavy atom. The first kappa shape index (κ1) is 21.3. The predicted molar refractivity (Wildman–Crippen MR) is 122 cm³/mol. The molecule has 5 rings (SSSR count). The van der Waals surface area contributed by atoms with Gasteiger partial charge in [-0.25, -0.2) is 22.7 Å². The summed E-state index contributed by atoms with van der Waals surface area (Å²) in [6, 6.07) is 11.9. The average molecular weight is 464 g/mol. The summed E-state index contributed by atoms with van der Waals surface area (Å²) >= 11 is 0. The summed E-state index contributed by atoms with van der Waals surface area (Å²) in [5, 5.41) is 6.42. The van der Waals surface area contributed by atoms with Crippen molar-refractivity contribution >= 4 is 28.4 Å². The molecule has 0 unspecified atom stereocenters. The lowest BCUT2D eigenvalue weighted by atomic mass is 10.1. The molecule has 9 nitrogen and oxygen atoms in total. The van der Waals surface area contributed by atoms with E-state index in [4.69, 9.17) is 0 Å². The molecule has 0 bridgehead atoms. The molecule has 0 aliphatic heterocycles.